The molecule has 0 fully saturated rings. The lowest BCUT2D eigenvalue weighted by atomic mass is 10.2. The number of rotatable bonds is 5. The first kappa shape index (κ1) is 16.9. The van der Waals surface area contributed by atoms with E-state index in [9.17, 15) is 14.4 Å². The lowest BCUT2D eigenvalue weighted by molar-refractivity contribution is -0.126. The molecule has 0 saturated heterocycles. The maximum absolute atomic E-state index is 13.3. The zero-order chi connectivity index (χ0) is 16.8. The van der Waals surface area contributed by atoms with Crippen LogP contribution in [0, 0.1) is 12.7 Å². The Balaban J connectivity index is 2.27. The fourth-order valence-electron chi connectivity index (χ4n) is 1.54. The zero-order valence-corrected chi connectivity index (χ0v) is 12.6. The fraction of sp³-hybridized carbons (Fsp3) is 0.167. The van der Waals surface area contributed by atoms with Gasteiger partial charge in [-0.05, 0) is 41.0 Å². The second-order valence-electron chi connectivity index (χ2n) is 4.25. The molecule has 1 amide bonds. The van der Waals surface area contributed by atoms with Crippen molar-refractivity contribution in [1.82, 2.24) is 21.3 Å². The molecule has 0 aliphatic carbocycles. The van der Waals surface area contributed by atoms with Gasteiger partial charge >= 0.3 is 0 Å². The predicted molar refractivity (Wildman–Crippen MR) is 77.2 cm³/mol. The van der Waals surface area contributed by atoms with Crippen molar-refractivity contribution in [3.8, 4) is 0 Å². The van der Waals surface area contributed by atoms with Crippen LogP contribution in [-0.2, 0) is 4.79 Å². The van der Waals surface area contributed by atoms with Gasteiger partial charge in [0, 0.05) is 0 Å². The highest BCUT2D eigenvalue weighted by Crippen LogP contribution is 2.22. The van der Waals surface area contributed by atoms with Crippen molar-refractivity contribution in [3.05, 3.63) is 35.3 Å². The number of nitrogens with one attached hydrogen (secondary N) is 2. The van der Waals surface area contributed by atoms with Gasteiger partial charge in [0.25, 0.3) is 5.91 Å². The Kier molecular flexibility index (Phi) is 5.62. The first-order valence-corrected chi connectivity index (χ1v) is 7.17. The number of carbonyl (C=O) groups is 1. The third kappa shape index (κ3) is 4.25. The van der Waals surface area contributed by atoms with Crippen LogP contribution in [0.25, 0.3) is 0 Å². The van der Waals surface area contributed by atoms with Crippen LogP contribution in [0.2, 0.25) is 0 Å². The van der Waals surface area contributed by atoms with Crippen LogP contribution in [0.15, 0.2) is 32.8 Å². The monoisotopic (exact) mass is 341 g/mol. The molecular weight excluding hydrogens is 329 g/mol. The van der Waals surface area contributed by atoms with Gasteiger partial charge < -0.3 is 0 Å². The van der Waals surface area contributed by atoms with Gasteiger partial charge in [0.2, 0.25) is 0 Å². The predicted octanol–water partition coefficient (Wildman–Crippen LogP) is 1.17. The minimum absolute atomic E-state index is 0.0604. The summed E-state index contributed by atoms with van der Waals surface area (Å²) < 4.78 is 17.8. The molecule has 0 unspecified atom stereocenters. The van der Waals surface area contributed by atoms with Crippen LogP contribution < -0.4 is 11.0 Å². The second kappa shape index (κ2) is 7.67. The molecule has 1 heterocycles. The molecule has 0 aliphatic rings. The first-order valence-electron chi connectivity index (χ1n) is 6.18. The SMILES string of the molecule is Cc1cc(N=C(NO)c2nonc2SCC(=O)NO)ccc1F. The molecule has 23 heavy (non-hydrogen) atoms. The summed E-state index contributed by atoms with van der Waals surface area (Å²) in [4.78, 5) is 15.1. The number of halogens is 1. The van der Waals surface area contributed by atoms with E-state index in [2.05, 4.69) is 19.9 Å². The van der Waals surface area contributed by atoms with E-state index < -0.39 is 5.91 Å². The molecular formula is C12H12FN5O4S. The van der Waals surface area contributed by atoms with Crippen molar-refractivity contribution in [1.29, 1.82) is 0 Å². The number of thioether (sulfide) groups is 1. The molecule has 0 bridgehead atoms. The van der Waals surface area contributed by atoms with Crippen LogP contribution in [-0.4, -0.2) is 38.2 Å². The molecule has 0 aliphatic heterocycles. The van der Waals surface area contributed by atoms with Crippen molar-refractivity contribution in [3.63, 3.8) is 0 Å². The van der Waals surface area contributed by atoms with Gasteiger partial charge in [0.15, 0.2) is 16.6 Å². The third-order valence-electron chi connectivity index (χ3n) is 2.64. The number of aryl methyl sites for hydroxylation is 1. The highest BCUT2D eigenvalue weighted by atomic mass is 32.2. The highest BCUT2D eigenvalue weighted by molar-refractivity contribution is 8.00. The van der Waals surface area contributed by atoms with Crippen LogP contribution in [0.1, 0.15) is 11.3 Å². The van der Waals surface area contributed by atoms with Crippen molar-refractivity contribution >= 4 is 29.2 Å². The number of aromatic nitrogens is 2. The van der Waals surface area contributed by atoms with Gasteiger partial charge in [0.1, 0.15) is 5.82 Å². The number of amidine groups is 1. The average molecular weight is 341 g/mol. The van der Waals surface area contributed by atoms with Crippen LogP contribution in [0.5, 0.6) is 0 Å². The number of hydroxylamine groups is 2. The lowest BCUT2D eigenvalue weighted by Crippen LogP contribution is -2.22. The zero-order valence-electron chi connectivity index (χ0n) is 11.8. The normalized spacial score (nSPS) is 11.4. The largest absolute Gasteiger partial charge is 0.290 e. The van der Waals surface area contributed by atoms with Gasteiger partial charge in [-0.2, -0.15) is 0 Å². The summed E-state index contributed by atoms with van der Waals surface area (Å²) in [5.41, 5.74) is 4.15. The number of amides is 1. The average Bonchev–Trinajstić information content (AvgIpc) is 3.01. The van der Waals surface area contributed by atoms with Gasteiger partial charge in [-0.1, -0.05) is 11.8 Å². The van der Waals surface area contributed by atoms with Crippen molar-refractivity contribution < 1.29 is 24.2 Å². The molecule has 1 aromatic heterocycles. The maximum atomic E-state index is 13.3. The standard InChI is InChI=1S/C12H12FN5O4S/c1-6-4-7(2-3-8(6)13)14-11(16-21)10-12(18-22-17-10)23-5-9(19)15-20/h2-4,20-21H,5H2,1H3,(H,14,16)(H,15,19). The molecule has 0 saturated carbocycles. The molecule has 1 aromatic carbocycles. The number of hydrogen-bond acceptors (Lipinski definition) is 8. The Morgan fingerprint density at radius 2 is 2.17 bits per heavy atom. The second-order valence-corrected chi connectivity index (χ2v) is 5.21. The molecule has 2 rings (SSSR count). The number of hydrogen-bond donors (Lipinski definition) is 4. The first-order chi connectivity index (χ1) is 11.0. The molecule has 0 radical (unpaired) electrons. The topological polar surface area (TPSA) is 133 Å². The van der Waals surface area contributed by atoms with E-state index in [1.165, 1.54) is 23.7 Å². The Bertz CT molecular complexity index is 736. The summed E-state index contributed by atoms with van der Waals surface area (Å²) in [6.07, 6.45) is 0. The van der Waals surface area contributed by atoms with E-state index in [1.54, 1.807) is 6.92 Å². The van der Waals surface area contributed by atoms with Crippen molar-refractivity contribution in [2.24, 2.45) is 4.99 Å². The Morgan fingerprint density at radius 3 is 2.83 bits per heavy atom. The summed E-state index contributed by atoms with van der Waals surface area (Å²) in [6, 6.07) is 4.14. The molecule has 11 heteroatoms. The molecule has 4 N–H and O–H groups in total. The highest BCUT2D eigenvalue weighted by Gasteiger charge is 2.18. The van der Waals surface area contributed by atoms with Crippen molar-refractivity contribution in [2.45, 2.75) is 11.9 Å². The van der Waals surface area contributed by atoms with E-state index in [1.807, 2.05) is 5.48 Å². The van der Waals surface area contributed by atoms with Gasteiger partial charge in [-0.25, -0.2) is 19.5 Å². The number of aliphatic imine (C=N–C) groups is 1. The summed E-state index contributed by atoms with van der Waals surface area (Å²) >= 11 is 0.915. The van der Waals surface area contributed by atoms with E-state index >= 15 is 0 Å². The van der Waals surface area contributed by atoms with Gasteiger partial charge in [-0.3, -0.25) is 20.7 Å². The molecule has 0 atom stereocenters. The van der Waals surface area contributed by atoms with Gasteiger partial charge in [-0.15, -0.1) is 0 Å². The van der Waals surface area contributed by atoms with Gasteiger partial charge in [0.05, 0.1) is 11.4 Å². The smallest absolute Gasteiger partial charge is 0.253 e. The molecule has 9 nitrogen and oxygen atoms in total. The summed E-state index contributed by atoms with van der Waals surface area (Å²) in [7, 11) is 0. The summed E-state index contributed by atoms with van der Waals surface area (Å²) in [5.74, 6) is -1.26. The minimum atomic E-state index is -0.645. The number of nitrogens with zero attached hydrogens (tertiary/aromatic N) is 3. The van der Waals surface area contributed by atoms with Crippen molar-refractivity contribution in [2.75, 3.05) is 5.75 Å². The van der Waals surface area contributed by atoms with Crippen LogP contribution in [0.3, 0.4) is 0 Å². The van der Waals surface area contributed by atoms with E-state index in [0.717, 1.165) is 11.8 Å². The quantitative estimate of drug-likeness (QED) is 0.209. The Hall–Kier alpha value is -2.50. The van der Waals surface area contributed by atoms with E-state index in [4.69, 9.17) is 5.21 Å². The maximum Gasteiger partial charge on any atom is 0.253 e. The lowest BCUT2D eigenvalue weighted by Gasteiger charge is -2.04. The number of carbonyl (C=O) groups excluding carboxylic acids is 1. The Morgan fingerprint density at radius 1 is 1.39 bits per heavy atom. The fourth-order valence-corrected chi connectivity index (χ4v) is 2.23. The molecule has 2 aromatic rings. The molecule has 122 valence electrons. The minimum Gasteiger partial charge on any atom is -0.290 e. The van der Waals surface area contributed by atoms with Crippen LogP contribution >= 0.6 is 11.8 Å². The van der Waals surface area contributed by atoms with E-state index in [0.29, 0.717) is 11.3 Å². The Labute approximate surface area is 133 Å². The van der Waals surface area contributed by atoms with Crippen LogP contribution in [0.4, 0.5) is 10.1 Å². The summed E-state index contributed by atoms with van der Waals surface area (Å²) in [5, 5.41) is 25.1. The number of benzene rings is 1. The summed E-state index contributed by atoms with van der Waals surface area (Å²) in [6.45, 7) is 1.58. The molecule has 0 spiro atoms. The van der Waals surface area contributed by atoms with E-state index in [-0.39, 0.29) is 28.1 Å². The third-order valence-corrected chi connectivity index (χ3v) is 3.58.